The van der Waals surface area contributed by atoms with Gasteiger partial charge in [0.2, 0.25) is 0 Å². The van der Waals surface area contributed by atoms with E-state index in [4.69, 9.17) is 5.73 Å². The van der Waals surface area contributed by atoms with Crippen molar-refractivity contribution in [1.29, 1.82) is 0 Å². The minimum absolute atomic E-state index is 0.660. The van der Waals surface area contributed by atoms with Crippen molar-refractivity contribution in [2.45, 2.75) is 6.42 Å². The maximum absolute atomic E-state index is 5.26. The summed E-state index contributed by atoms with van der Waals surface area (Å²) in [7, 11) is 0. The van der Waals surface area contributed by atoms with E-state index in [1.165, 1.54) is 0 Å². The maximum Gasteiger partial charge on any atom is 0.124 e. The van der Waals surface area contributed by atoms with E-state index >= 15 is 0 Å². The molecule has 3 nitrogen and oxygen atoms in total. The van der Waals surface area contributed by atoms with Gasteiger partial charge >= 0.3 is 0 Å². The lowest BCUT2D eigenvalue weighted by molar-refractivity contribution is 0.415. The lowest BCUT2D eigenvalue weighted by Gasteiger charge is -1.87. The highest BCUT2D eigenvalue weighted by Gasteiger charge is 1.93. The number of rotatable bonds is 3. The zero-order chi connectivity index (χ0) is 6.53. The van der Waals surface area contributed by atoms with Crippen LogP contribution in [-0.2, 0) is 0 Å². The van der Waals surface area contributed by atoms with Crippen LogP contribution in [0.5, 0.6) is 0 Å². The Kier molecular flexibility index (Phi) is 2.27. The molecule has 1 heterocycles. The topological polar surface area (TPSA) is 52.0 Å². The van der Waals surface area contributed by atoms with Gasteiger partial charge in [0.15, 0.2) is 0 Å². The van der Waals surface area contributed by atoms with Crippen LogP contribution in [0, 0.1) is 6.42 Å². The summed E-state index contributed by atoms with van der Waals surface area (Å²) in [5, 5.41) is 3.67. The zero-order valence-corrected chi connectivity index (χ0v) is 5.08. The summed E-state index contributed by atoms with van der Waals surface area (Å²) < 4.78 is 4.59. The third-order valence-corrected chi connectivity index (χ3v) is 0.978. The summed E-state index contributed by atoms with van der Waals surface area (Å²) >= 11 is 0. The van der Waals surface area contributed by atoms with Crippen LogP contribution in [0.2, 0.25) is 0 Å². The normalized spacial score (nSPS) is 9.89. The first-order chi connectivity index (χ1) is 4.43. The molecule has 1 aromatic rings. The number of nitrogens with two attached hydrogens (primary N) is 1. The van der Waals surface area contributed by atoms with Crippen molar-refractivity contribution in [3.8, 4) is 0 Å². The monoisotopic (exact) mass is 125 g/mol. The van der Waals surface area contributed by atoms with Crippen molar-refractivity contribution in [3.05, 3.63) is 24.4 Å². The predicted octanol–water partition coefficient (Wildman–Crippen LogP) is 0.576. The molecule has 1 rings (SSSR count). The first-order valence-electron chi connectivity index (χ1n) is 2.87. The van der Waals surface area contributed by atoms with Crippen molar-refractivity contribution < 1.29 is 4.52 Å². The Bertz CT molecular complexity index is 148. The molecule has 0 aliphatic carbocycles. The first-order valence-corrected chi connectivity index (χ1v) is 2.87. The Morgan fingerprint density at radius 3 is 3.22 bits per heavy atom. The van der Waals surface area contributed by atoms with Crippen LogP contribution in [-0.4, -0.2) is 11.7 Å². The molecule has 0 saturated heterocycles. The largest absolute Gasteiger partial charge is 0.365 e. The highest BCUT2D eigenvalue weighted by Crippen LogP contribution is 1.99. The Balaban J connectivity index is 2.30. The fourth-order valence-corrected chi connectivity index (χ4v) is 0.558. The van der Waals surface area contributed by atoms with Gasteiger partial charge in [-0.2, -0.15) is 0 Å². The van der Waals surface area contributed by atoms with Gasteiger partial charge in [-0.05, 0) is 13.0 Å². The van der Waals surface area contributed by atoms with E-state index in [0.717, 1.165) is 12.1 Å². The van der Waals surface area contributed by atoms with Gasteiger partial charge in [0.25, 0.3) is 0 Å². The van der Waals surface area contributed by atoms with Gasteiger partial charge in [-0.15, -0.1) is 0 Å². The molecule has 49 valence electrons. The third-order valence-electron chi connectivity index (χ3n) is 0.978. The molecule has 2 N–H and O–H groups in total. The van der Waals surface area contributed by atoms with Gasteiger partial charge in [0, 0.05) is 12.5 Å². The molecular weight excluding hydrogens is 116 g/mol. The molecule has 0 aliphatic heterocycles. The Hall–Kier alpha value is -0.830. The number of hydrogen-bond acceptors (Lipinski definition) is 3. The van der Waals surface area contributed by atoms with Gasteiger partial charge in [0.05, 0.1) is 5.69 Å². The Labute approximate surface area is 53.8 Å². The SMILES string of the molecule is NCC[CH]c1ccon1. The smallest absolute Gasteiger partial charge is 0.124 e. The molecule has 0 saturated carbocycles. The molecule has 0 fully saturated rings. The lowest BCUT2D eigenvalue weighted by Crippen LogP contribution is -1.98. The average Bonchev–Trinajstić information content (AvgIpc) is 2.34. The quantitative estimate of drug-likeness (QED) is 0.642. The fraction of sp³-hybridized carbons (Fsp3) is 0.333. The van der Waals surface area contributed by atoms with Crippen LogP contribution in [0.25, 0.3) is 0 Å². The van der Waals surface area contributed by atoms with E-state index in [1.54, 1.807) is 12.3 Å². The Morgan fingerprint density at radius 2 is 2.67 bits per heavy atom. The van der Waals surface area contributed by atoms with Crippen LogP contribution in [0.15, 0.2) is 16.9 Å². The Morgan fingerprint density at radius 1 is 1.78 bits per heavy atom. The average molecular weight is 125 g/mol. The van der Waals surface area contributed by atoms with E-state index < -0.39 is 0 Å². The molecule has 0 aliphatic rings. The van der Waals surface area contributed by atoms with Crippen molar-refractivity contribution in [1.82, 2.24) is 5.16 Å². The minimum atomic E-state index is 0.660. The summed E-state index contributed by atoms with van der Waals surface area (Å²) in [6.45, 7) is 0.660. The molecule has 9 heavy (non-hydrogen) atoms. The fourth-order valence-electron chi connectivity index (χ4n) is 0.558. The third kappa shape index (κ3) is 1.85. The van der Waals surface area contributed by atoms with Crippen molar-refractivity contribution in [3.63, 3.8) is 0 Å². The van der Waals surface area contributed by atoms with Crippen LogP contribution < -0.4 is 5.73 Å². The summed E-state index contributed by atoms with van der Waals surface area (Å²) in [4.78, 5) is 0. The van der Waals surface area contributed by atoms with Crippen molar-refractivity contribution in [2.75, 3.05) is 6.54 Å². The van der Waals surface area contributed by atoms with E-state index in [0.29, 0.717) is 6.54 Å². The molecule has 0 atom stereocenters. The zero-order valence-electron chi connectivity index (χ0n) is 5.08. The number of aromatic nitrogens is 1. The van der Waals surface area contributed by atoms with Crippen LogP contribution in [0.1, 0.15) is 12.1 Å². The highest BCUT2D eigenvalue weighted by molar-refractivity contribution is 5.07. The van der Waals surface area contributed by atoms with Gasteiger partial charge in [-0.1, -0.05) is 5.16 Å². The summed E-state index contributed by atoms with van der Waals surface area (Å²) in [5.74, 6) is 0. The lowest BCUT2D eigenvalue weighted by atomic mass is 10.2. The van der Waals surface area contributed by atoms with Crippen LogP contribution in [0.4, 0.5) is 0 Å². The molecule has 1 aromatic heterocycles. The van der Waals surface area contributed by atoms with Gasteiger partial charge in [0.1, 0.15) is 6.26 Å². The highest BCUT2D eigenvalue weighted by atomic mass is 16.5. The second-order valence-corrected chi connectivity index (χ2v) is 1.71. The van der Waals surface area contributed by atoms with E-state index in [9.17, 15) is 0 Å². The molecule has 0 amide bonds. The summed E-state index contributed by atoms with van der Waals surface area (Å²) in [6.07, 6.45) is 4.33. The molecule has 3 heteroatoms. The number of nitrogens with zero attached hydrogens (tertiary/aromatic N) is 1. The first kappa shape index (κ1) is 6.29. The molecule has 0 unspecified atom stereocenters. The number of hydrogen-bond donors (Lipinski definition) is 1. The molecule has 1 radical (unpaired) electrons. The van der Waals surface area contributed by atoms with Crippen LogP contribution >= 0.6 is 0 Å². The van der Waals surface area contributed by atoms with Gasteiger partial charge in [-0.25, -0.2) is 0 Å². The van der Waals surface area contributed by atoms with Gasteiger partial charge in [-0.3, -0.25) is 0 Å². The van der Waals surface area contributed by atoms with Gasteiger partial charge < -0.3 is 10.3 Å². The standard InChI is InChI=1S/C6H9N2O/c7-4-1-2-6-3-5-9-8-6/h2-3,5H,1,4,7H2. The minimum Gasteiger partial charge on any atom is -0.365 e. The van der Waals surface area contributed by atoms with Crippen molar-refractivity contribution in [2.24, 2.45) is 5.73 Å². The second kappa shape index (κ2) is 3.25. The molecule has 0 spiro atoms. The molecule has 0 aromatic carbocycles. The molecule has 0 bridgehead atoms. The van der Waals surface area contributed by atoms with Crippen molar-refractivity contribution >= 4 is 0 Å². The summed E-state index contributed by atoms with van der Waals surface area (Å²) in [5.41, 5.74) is 6.12. The summed E-state index contributed by atoms with van der Waals surface area (Å²) in [6, 6.07) is 1.80. The van der Waals surface area contributed by atoms with Crippen LogP contribution in [0.3, 0.4) is 0 Å². The van der Waals surface area contributed by atoms with E-state index in [1.807, 2.05) is 6.42 Å². The maximum atomic E-state index is 5.26. The molecular formula is C6H9N2O. The second-order valence-electron chi connectivity index (χ2n) is 1.71. The predicted molar refractivity (Wildman–Crippen MR) is 33.6 cm³/mol. The van der Waals surface area contributed by atoms with E-state index in [2.05, 4.69) is 9.68 Å². The van der Waals surface area contributed by atoms with E-state index in [-0.39, 0.29) is 0 Å².